The van der Waals surface area contributed by atoms with Crippen LogP contribution in [0.15, 0.2) is 72.8 Å². The van der Waals surface area contributed by atoms with Crippen molar-refractivity contribution >= 4 is 23.2 Å². The van der Waals surface area contributed by atoms with Gasteiger partial charge in [-0.1, -0.05) is 36.8 Å². The van der Waals surface area contributed by atoms with Crippen LogP contribution in [0.4, 0.5) is 24.5 Å². The molecule has 194 valence electrons. The summed E-state index contributed by atoms with van der Waals surface area (Å²) in [5.41, 5.74) is -0.233. The number of nitrogens with zero attached hydrogens (tertiary/aromatic N) is 1. The monoisotopic (exact) mass is 511 g/mol. The fraction of sp³-hybridized carbons (Fsp3) is 0.286. The van der Waals surface area contributed by atoms with E-state index in [-0.39, 0.29) is 16.9 Å². The van der Waals surface area contributed by atoms with Gasteiger partial charge in [-0.2, -0.15) is 13.2 Å². The third-order valence-electron chi connectivity index (χ3n) is 6.11. The number of hydrogen-bond acceptors (Lipinski definition) is 4. The smallest absolute Gasteiger partial charge is 0.416 e. The number of piperidine rings is 1. The van der Waals surface area contributed by atoms with E-state index in [9.17, 15) is 22.8 Å². The van der Waals surface area contributed by atoms with E-state index in [0.29, 0.717) is 17.9 Å². The SMILES string of the molecule is O=C(Nc1cccc(C(F)(F)F)c1)c1ccccc1NC(=O)c1ccccc1OCCN1CCCCC1. The molecule has 2 amide bonds. The van der Waals surface area contributed by atoms with E-state index < -0.39 is 23.6 Å². The van der Waals surface area contributed by atoms with Crippen LogP contribution in [-0.2, 0) is 6.18 Å². The van der Waals surface area contributed by atoms with Gasteiger partial charge in [0, 0.05) is 12.2 Å². The lowest BCUT2D eigenvalue weighted by atomic mass is 10.1. The van der Waals surface area contributed by atoms with E-state index in [4.69, 9.17) is 4.74 Å². The van der Waals surface area contributed by atoms with Gasteiger partial charge in [-0.25, -0.2) is 0 Å². The summed E-state index contributed by atoms with van der Waals surface area (Å²) in [6.07, 6.45) is -0.921. The zero-order valence-corrected chi connectivity index (χ0v) is 20.2. The minimum atomic E-state index is -4.53. The molecular formula is C28H28F3N3O3. The van der Waals surface area contributed by atoms with Crippen molar-refractivity contribution in [3.63, 3.8) is 0 Å². The van der Waals surface area contributed by atoms with Gasteiger partial charge >= 0.3 is 6.18 Å². The summed E-state index contributed by atoms with van der Waals surface area (Å²) in [7, 11) is 0. The lowest BCUT2D eigenvalue weighted by Gasteiger charge is -2.26. The number of hydrogen-bond donors (Lipinski definition) is 2. The number of carbonyl (C=O) groups is 2. The summed E-state index contributed by atoms with van der Waals surface area (Å²) in [5.74, 6) is -0.683. The molecule has 1 saturated heterocycles. The van der Waals surface area contributed by atoms with Crippen molar-refractivity contribution < 1.29 is 27.5 Å². The van der Waals surface area contributed by atoms with Crippen LogP contribution in [0, 0.1) is 0 Å². The second-order valence-corrected chi connectivity index (χ2v) is 8.78. The second kappa shape index (κ2) is 11.9. The molecule has 1 aliphatic heterocycles. The first kappa shape index (κ1) is 26.2. The average molecular weight is 512 g/mol. The topological polar surface area (TPSA) is 70.7 Å². The van der Waals surface area contributed by atoms with Crippen LogP contribution >= 0.6 is 0 Å². The first-order valence-electron chi connectivity index (χ1n) is 12.1. The fourth-order valence-corrected chi connectivity index (χ4v) is 4.20. The second-order valence-electron chi connectivity index (χ2n) is 8.78. The van der Waals surface area contributed by atoms with Gasteiger partial charge in [-0.15, -0.1) is 0 Å². The highest BCUT2D eigenvalue weighted by Crippen LogP contribution is 2.31. The molecule has 6 nitrogen and oxygen atoms in total. The third kappa shape index (κ3) is 7.10. The van der Waals surface area contributed by atoms with Gasteiger partial charge in [0.1, 0.15) is 12.4 Å². The van der Waals surface area contributed by atoms with Gasteiger partial charge in [0.25, 0.3) is 11.8 Å². The molecule has 1 aliphatic rings. The molecule has 0 saturated carbocycles. The predicted octanol–water partition coefficient (Wildman–Crippen LogP) is 6.07. The molecule has 0 bridgehead atoms. The molecule has 1 heterocycles. The minimum absolute atomic E-state index is 0.00611. The molecule has 0 radical (unpaired) electrons. The molecule has 3 aromatic rings. The van der Waals surface area contributed by atoms with Gasteiger partial charge < -0.3 is 15.4 Å². The minimum Gasteiger partial charge on any atom is -0.491 e. The summed E-state index contributed by atoms with van der Waals surface area (Å²) < 4.78 is 45.0. The molecule has 0 aliphatic carbocycles. The first-order chi connectivity index (χ1) is 17.8. The number of halogens is 3. The van der Waals surface area contributed by atoms with Gasteiger partial charge in [0.05, 0.1) is 22.4 Å². The van der Waals surface area contributed by atoms with Crippen LogP contribution in [0.3, 0.4) is 0 Å². The highest BCUT2D eigenvalue weighted by molar-refractivity contribution is 6.13. The molecule has 4 rings (SSSR count). The summed E-state index contributed by atoms with van der Waals surface area (Å²) in [6, 6.07) is 17.5. The van der Waals surface area contributed by atoms with E-state index in [1.54, 1.807) is 42.5 Å². The summed E-state index contributed by atoms with van der Waals surface area (Å²) in [6.45, 7) is 3.31. The average Bonchev–Trinajstić information content (AvgIpc) is 2.89. The third-order valence-corrected chi connectivity index (χ3v) is 6.11. The van der Waals surface area contributed by atoms with E-state index in [0.717, 1.165) is 31.8 Å². The van der Waals surface area contributed by atoms with Crippen molar-refractivity contribution in [1.29, 1.82) is 0 Å². The number of carbonyl (C=O) groups excluding carboxylic acids is 2. The Bertz CT molecular complexity index is 1240. The van der Waals surface area contributed by atoms with Crippen LogP contribution in [-0.4, -0.2) is 43.0 Å². The van der Waals surface area contributed by atoms with Crippen molar-refractivity contribution in [1.82, 2.24) is 4.90 Å². The van der Waals surface area contributed by atoms with E-state index in [1.165, 1.54) is 37.5 Å². The van der Waals surface area contributed by atoms with Crippen molar-refractivity contribution in [2.75, 3.05) is 36.9 Å². The number of nitrogens with one attached hydrogen (secondary N) is 2. The Morgan fingerprint density at radius 1 is 0.811 bits per heavy atom. The summed E-state index contributed by atoms with van der Waals surface area (Å²) in [4.78, 5) is 28.4. The Morgan fingerprint density at radius 3 is 2.24 bits per heavy atom. The zero-order valence-electron chi connectivity index (χ0n) is 20.2. The highest BCUT2D eigenvalue weighted by atomic mass is 19.4. The van der Waals surface area contributed by atoms with E-state index in [1.807, 2.05) is 0 Å². The molecule has 0 aromatic heterocycles. The van der Waals surface area contributed by atoms with E-state index in [2.05, 4.69) is 15.5 Å². The Labute approximate surface area is 213 Å². The molecule has 3 aromatic carbocycles. The number of alkyl halides is 3. The maximum Gasteiger partial charge on any atom is 0.416 e. The van der Waals surface area contributed by atoms with Crippen LogP contribution < -0.4 is 15.4 Å². The van der Waals surface area contributed by atoms with Gasteiger partial charge in [0.15, 0.2) is 0 Å². The van der Waals surface area contributed by atoms with E-state index >= 15 is 0 Å². The van der Waals surface area contributed by atoms with Gasteiger partial charge in [-0.3, -0.25) is 14.5 Å². The van der Waals surface area contributed by atoms with Crippen molar-refractivity contribution in [3.8, 4) is 5.75 Å². The number of para-hydroxylation sites is 2. The lowest BCUT2D eigenvalue weighted by molar-refractivity contribution is -0.137. The standard InChI is InChI=1S/C28H28F3N3O3/c29-28(30,31)20-9-8-10-21(19-20)32-26(35)22-11-2-4-13-24(22)33-27(36)23-12-3-5-14-25(23)37-18-17-34-15-6-1-7-16-34/h2-5,8-14,19H,1,6-7,15-18H2,(H,32,35)(H,33,36). The number of benzene rings is 3. The van der Waals surface area contributed by atoms with Crippen LogP contribution in [0.5, 0.6) is 5.75 Å². The largest absolute Gasteiger partial charge is 0.491 e. The maximum atomic E-state index is 13.1. The Hall–Kier alpha value is -3.85. The summed E-state index contributed by atoms with van der Waals surface area (Å²) >= 11 is 0. The first-order valence-corrected chi connectivity index (χ1v) is 12.1. The molecule has 37 heavy (non-hydrogen) atoms. The Morgan fingerprint density at radius 2 is 1.49 bits per heavy atom. The van der Waals surface area contributed by atoms with Crippen molar-refractivity contribution in [2.24, 2.45) is 0 Å². The predicted molar refractivity (Wildman–Crippen MR) is 136 cm³/mol. The molecular weight excluding hydrogens is 483 g/mol. The quantitative estimate of drug-likeness (QED) is 0.385. The number of likely N-dealkylation sites (tertiary alicyclic amines) is 1. The lowest BCUT2D eigenvalue weighted by Crippen LogP contribution is -2.33. The van der Waals surface area contributed by atoms with Gasteiger partial charge in [-0.05, 0) is 68.4 Å². The van der Waals surface area contributed by atoms with Crippen LogP contribution in [0.25, 0.3) is 0 Å². The molecule has 0 unspecified atom stereocenters. The molecule has 9 heteroatoms. The van der Waals surface area contributed by atoms with Crippen molar-refractivity contribution in [3.05, 3.63) is 89.5 Å². The molecule has 0 spiro atoms. The van der Waals surface area contributed by atoms with Gasteiger partial charge in [0.2, 0.25) is 0 Å². The normalized spacial score (nSPS) is 14.1. The summed E-state index contributed by atoms with van der Waals surface area (Å²) in [5, 5.41) is 5.21. The number of amides is 2. The molecule has 1 fully saturated rings. The Kier molecular flexibility index (Phi) is 8.45. The zero-order chi connectivity index (χ0) is 26.3. The van der Waals surface area contributed by atoms with Crippen molar-refractivity contribution in [2.45, 2.75) is 25.4 Å². The van der Waals surface area contributed by atoms with Crippen LogP contribution in [0.2, 0.25) is 0 Å². The number of anilines is 2. The molecule has 0 atom stereocenters. The van der Waals surface area contributed by atoms with Crippen LogP contribution in [0.1, 0.15) is 45.5 Å². The Balaban J connectivity index is 1.44. The molecule has 2 N–H and O–H groups in total. The highest BCUT2D eigenvalue weighted by Gasteiger charge is 2.30. The maximum absolute atomic E-state index is 13.1. The fourth-order valence-electron chi connectivity index (χ4n) is 4.20. The number of rotatable bonds is 8. The number of ether oxygens (including phenoxy) is 1.